The van der Waals surface area contributed by atoms with Gasteiger partial charge >= 0.3 is 0 Å². The van der Waals surface area contributed by atoms with Gasteiger partial charge in [-0.25, -0.2) is 4.68 Å². The lowest BCUT2D eigenvalue weighted by molar-refractivity contribution is 0.223. The number of nitrogens with zero attached hydrogens (tertiary/aromatic N) is 3. The minimum absolute atomic E-state index is 0.315. The monoisotopic (exact) mass is 279 g/mol. The molecular weight excluding hydrogens is 250 g/mol. The lowest BCUT2D eigenvalue weighted by atomic mass is 10.1. The third-order valence-corrected chi connectivity index (χ3v) is 3.98. The van der Waals surface area contributed by atoms with Gasteiger partial charge in [0.1, 0.15) is 5.82 Å². The zero-order chi connectivity index (χ0) is 14.7. The van der Waals surface area contributed by atoms with Crippen LogP contribution in [0.2, 0.25) is 0 Å². The minimum atomic E-state index is 0.315. The van der Waals surface area contributed by atoms with Crippen LogP contribution in [0.3, 0.4) is 0 Å². The molecule has 0 aromatic carbocycles. The lowest BCUT2D eigenvalue weighted by Gasteiger charge is -2.30. The summed E-state index contributed by atoms with van der Waals surface area (Å²) >= 11 is 0. The van der Waals surface area contributed by atoms with Gasteiger partial charge < -0.3 is 16.0 Å². The molecule has 5 heteroatoms. The van der Waals surface area contributed by atoms with Crippen molar-refractivity contribution in [3.63, 3.8) is 0 Å². The number of nitrogens with one attached hydrogen (secondary N) is 1. The van der Waals surface area contributed by atoms with Gasteiger partial charge in [-0.1, -0.05) is 6.42 Å². The number of nitrogens with two attached hydrogens (primary N) is 1. The summed E-state index contributed by atoms with van der Waals surface area (Å²) in [5.74, 6) is 0.974. The maximum absolute atomic E-state index is 6.16. The molecule has 0 spiro atoms. The number of aromatic nitrogens is 2. The van der Waals surface area contributed by atoms with Crippen molar-refractivity contribution in [1.29, 1.82) is 0 Å². The van der Waals surface area contributed by atoms with Gasteiger partial charge in [-0.2, -0.15) is 5.10 Å². The van der Waals surface area contributed by atoms with Crippen molar-refractivity contribution in [1.82, 2.24) is 14.7 Å². The van der Waals surface area contributed by atoms with Gasteiger partial charge in [0.25, 0.3) is 0 Å². The molecule has 1 atom stereocenters. The number of nitrogen functional groups attached to an aromatic ring is 1. The third kappa shape index (κ3) is 3.45. The van der Waals surface area contributed by atoms with E-state index in [9.17, 15) is 0 Å². The van der Waals surface area contributed by atoms with Crippen LogP contribution in [-0.2, 0) is 0 Å². The zero-order valence-electron chi connectivity index (χ0n) is 13.3. The van der Waals surface area contributed by atoms with E-state index in [1.807, 2.05) is 11.6 Å². The highest BCUT2D eigenvalue weighted by Crippen LogP contribution is 2.26. The van der Waals surface area contributed by atoms with E-state index in [1.54, 1.807) is 0 Å². The molecule has 1 saturated heterocycles. The highest BCUT2D eigenvalue weighted by molar-refractivity contribution is 5.65. The number of anilines is 2. The average Bonchev–Trinajstić information content (AvgIpc) is 2.68. The minimum Gasteiger partial charge on any atom is -0.394 e. The Balaban J connectivity index is 2.01. The molecule has 2 rings (SSSR count). The number of aryl methyl sites for hydroxylation is 1. The van der Waals surface area contributed by atoms with Crippen LogP contribution in [0.4, 0.5) is 11.5 Å². The molecule has 0 radical (unpaired) electrons. The normalized spacial score (nSPS) is 18.4. The van der Waals surface area contributed by atoms with E-state index < -0.39 is 0 Å². The fourth-order valence-electron chi connectivity index (χ4n) is 2.89. The van der Waals surface area contributed by atoms with Crippen LogP contribution in [-0.4, -0.2) is 40.4 Å². The van der Waals surface area contributed by atoms with Crippen molar-refractivity contribution >= 4 is 11.5 Å². The van der Waals surface area contributed by atoms with Gasteiger partial charge in [-0.05, 0) is 53.6 Å². The van der Waals surface area contributed by atoms with Crippen LogP contribution in [0.25, 0.3) is 0 Å². The Kier molecular flexibility index (Phi) is 4.91. The molecule has 3 N–H and O–H groups in total. The van der Waals surface area contributed by atoms with Crippen LogP contribution >= 0.6 is 0 Å². The highest BCUT2D eigenvalue weighted by atomic mass is 15.4. The first-order valence-electron chi connectivity index (χ1n) is 7.82. The predicted molar refractivity (Wildman–Crippen MR) is 85.1 cm³/mol. The van der Waals surface area contributed by atoms with Crippen molar-refractivity contribution < 1.29 is 0 Å². The summed E-state index contributed by atoms with van der Waals surface area (Å²) in [6.07, 6.45) is 4.04. The van der Waals surface area contributed by atoms with Crippen molar-refractivity contribution in [2.75, 3.05) is 30.7 Å². The summed E-state index contributed by atoms with van der Waals surface area (Å²) in [5, 5.41) is 8.09. The second-order valence-electron chi connectivity index (χ2n) is 6.29. The molecule has 0 bridgehead atoms. The van der Waals surface area contributed by atoms with Crippen LogP contribution in [0.15, 0.2) is 0 Å². The van der Waals surface area contributed by atoms with E-state index in [-0.39, 0.29) is 0 Å². The molecule has 0 saturated carbocycles. The molecule has 20 heavy (non-hydrogen) atoms. The van der Waals surface area contributed by atoms with Gasteiger partial charge in [0.15, 0.2) is 0 Å². The smallest absolute Gasteiger partial charge is 0.148 e. The Labute approximate surface area is 122 Å². The summed E-state index contributed by atoms with van der Waals surface area (Å²) in [5.41, 5.74) is 7.85. The van der Waals surface area contributed by atoms with Crippen molar-refractivity contribution in [2.45, 2.75) is 59.0 Å². The van der Waals surface area contributed by atoms with E-state index in [0.29, 0.717) is 12.1 Å². The van der Waals surface area contributed by atoms with Gasteiger partial charge in [0.2, 0.25) is 0 Å². The molecule has 2 heterocycles. The van der Waals surface area contributed by atoms with Crippen molar-refractivity contribution in [3.05, 3.63) is 5.69 Å². The second-order valence-corrected chi connectivity index (χ2v) is 6.29. The zero-order valence-corrected chi connectivity index (χ0v) is 13.3. The number of likely N-dealkylation sites (tertiary alicyclic amines) is 1. The topological polar surface area (TPSA) is 59.1 Å². The first-order chi connectivity index (χ1) is 9.49. The van der Waals surface area contributed by atoms with Gasteiger partial charge in [0.05, 0.1) is 11.4 Å². The van der Waals surface area contributed by atoms with Crippen LogP contribution < -0.4 is 11.1 Å². The quantitative estimate of drug-likeness (QED) is 0.870. The maximum Gasteiger partial charge on any atom is 0.148 e. The molecule has 1 aromatic heterocycles. The number of hydrogen-bond donors (Lipinski definition) is 2. The summed E-state index contributed by atoms with van der Waals surface area (Å²) in [6, 6.07) is 0.694. The second kappa shape index (κ2) is 6.48. The molecule has 1 aliphatic rings. The number of rotatable bonds is 5. The molecule has 0 amide bonds. The van der Waals surface area contributed by atoms with E-state index in [1.165, 1.54) is 32.4 Å². The fourth-order valence-corrected chi connectivity index (χ4v) is 2.89. The molecule has 1 fully saturated rings. The van der Waals surface area contributed by atoms with Gasteiger partial charge in [-0.3, -0.25) is 0 Å². The summed E-state index contributed by atoms with van der Waals surface area (Å²) < 4.78 is 2.00. The van der Waals surface area contributed by atoms with E-state index in [0.717, 1.165) is 23.7 Å². The van der Waals surface area contributed by atoms with Gasteiger partial charge in [-0.15, -0.1) is 0 Å². The Bertz CT molecular complexity index is 432. The third-order valence-electron chi connectivity index (χ3n) is 3.98. The summed E-state index contributed by atoms with van der Waals surface area (Å²) in [7, 11) is 0. The Morgan fingerprint density at radius 1 is 1.20 bits per heavy atom. The standard InChI is InChI=1S/C15H29N5/c1-11(2)20-15(14(16)13(4)18-20)17-12(3)10-19-8-6-5-7-9-19/h11-12,17H,5-10,16H2,1-4H3. The molecule has 1 aliphatic heterocycles. The fraction of sp³-hybridized carbons (Fsp3) is 0.800. The molecule has 1 unspecified atom stereocenters. The Hall–Kier alpha value is -1.23. The molecule has 1 aromatic rings. The van der Waals surface area contributed by atoms with Crippen LogP contribution in [0.1, 0.15) is 51.8 Å². The predicted octanol–water partition coefficient (Wildman–Crippen LogP) is 2.64. The van der Waals surface area contributed by atoms with Crippen LogP contribution in [0, 0.1) is 6.92 Å². The maximum atomic E-state index is 6.16. The first-order valence-corrected chi connectivity index (χ1v) is 7.82. The van der Waals surface area contributed by atoms with Crippen molar-refractivity contribution in [2.24, 2.45) is 0 Å². The summed E-state index contributed by atoms with van der Waals surface area (Å²) in [6.45, 7) is 12.0. The number of hydrogen-bond acceptors (Lipinski definition) is 4. The largest absolute Gasteiger partial charge is 0.394 e. The van der Waals surface area contributed by atoms with E-state index >= 15 is 0 Å². The molecule has 114 valence electrons. The first kappa shape index (κ1) is 15.2. The van der Waals surface area contributed by atoms with Crippen LogP contribution in [0.5, 0.6) is 0 Å². The SMILES string of the molecule is Cc1nn(C(C)C)c(NC(C)CN2CCCCC2)c1N. The highest BCUT2D eigenvalue weighted by Gasteiger charge is 2.18. The van der Waals surface area contributed by atoms with E-state index in [4.69, 9.17) is 5.73 Å². The van der Waals surface area contributed by atoms with E-state index in [2.05, 4.69) is 36.1 Å². The summed E-state index contributed by atoms with van der Waals surface area (Å²) in [4.78, 5) is 2.54. The Morgan fingerprint density at radius 2 is 1.85 bits per heavy atom. The molecular formula is C15H29N5. The Morgan fingerprint density at radius 3 is 2.45 bits per heavy atom. The molecule has 5 nitrogen and oxygen atoms in total. The lowest BCUT2D eigenvalue weighted by Crippen LogP contribution is -2.38. The molecule has 0 aliphatic carbocycles. The van der Waals surface area contributed by atoms with Gasteiger partial charge in [0, 0.05) is 18.6 Å². The number of piperidine rings is 1. The average molecular weight is 279 g/mol. The van der Waals surface area contributed by atoms with Crippen molar-refractivity contribution in [3.8, 4) is 0 Å².